The zero-order valence-corrected chi connectivity index (χ0v) is 29.0. The van der Waals surface area contributed by atoms with Crippen molar-refractivity contribution in [1.29, 1.82) is 0 Å². The van der Waals surface area contributed by atoms with Gasteiger partial charge in [-0.05, 0) is 80.6 Å². The normalized spacial score (nSPS) is 53.4. The highest BCUT2D eigenvalue weighted by atomic mass is 16.7. The van der Waals surface area contributed by atoms with Crippen LogP contribution in [0.2, 0.25) is 0 Å². The molecule has 0 spiro atoms. The summed E-state index contributed by atoms with van der Waals surface area (Å²) in [7, 11) is 0. The molecule has 0 aromatic heterocycles. The number of esters is 1. The molecule has 14 nitrogen and oxygen atoms in total. The summed E-state index contributed by atoms with van der Waals surface area (Å²) >= 11 is 0. The maximum absolute atomic E-state index is 12.7. The average Bonchev–Trinajstić information content (AvgIpc) is 3.59. The number of carbonyl (C=O) groups excluding carboxylic acids is 2. The van der Waals surface area contributed by atoms with Gasteiger partial charge >= 0.3 is 5.97 Å². The first-order chi connectivity index (χ1) is 23.7. The van der Waals surface area contributed by atoms with Gasteiger partial charge in [-0.15, -0.1) is 0 Å². The molecule has 3 heterocycles. The van der Waals surface area contributed by atoms with Crippen LogP contribution in [0.1, 0.15) is 78.6 Å². The standard InChI is InChI=1S/C36H54O14/c1-17-32(50-33-31(43)30(42)29(41)25(14-37)49-33)23(39)12-27(47-17)48-20-6-8-34(2)19(11-20)4-5-22-21(34)7-9-35(3)28(18-10-26(40)45-15-18)24(46-16-38)13-36(22,35)44/h10,16-17,19-25,27-33,37,39,41-44H,4-9,11-15H2,1-3H3/t17-,19-,20+,21+,22-,23+,24+,25-,27+,28+,29-,30+,31-,32-,33+,34+,35-,36+/m1/s1. The zero-order chi connectivity index (χ0) is 35.7. The molecule has 7 aliphatic rings. The number of carbonyl (C=O) groups is 2. The molecule has 0 amide bonds. The van der Waals surface area contributed by atoms with Crippen molar-refractivity contribution in [3.05, 3.63) is 11.6 Å². The molecule has 0 aromatic rings. The van der Waals surface area contributed by atoms with Gasteiger partial charge in [0.25, 0.3) is 6.47 Å². The van der Waals surface area contributed by atoms with Crippen LogP contribution in [-0.2, 0) is 38.0 Å². The second kappa shape index (κ2) is 13.6. The fraction of sp³-hybridized carbons (Fsp3) is 0.889. The zero-order valence-electron chi connectivity index (χ0n) is 29.0. The third-order valence-corrected chi connectivity index (χ3v) is 14.2. The first-order valence-corrected chi connectivity index (χ1v) is 18.4. The van der Waals surface area contributed by atoms with E-state index in [4.69, 9.17) is 28.4 Å². The minimum atomic E-state index is -1.59. The van der Waals surface area contributed by atoms with Crippen LogP contribution >= 0.6 is 0 Å². The van der Waals surface area contributed by atoms with E-state index in [0.717, 1.165) is 50.5 Å². The van der Waals surface area contributed by atoms with E-state index in [1.807, 2.05) is 0 Å². The second-order valence-electron chi connectivity index (χ2n) is 16.6. The van der Waals surface area contributed by atoms with Crippen molar-refractivity contribution >= 4 is 12.4 Å². The molecule has 0 radical (unpaired) electrons. The Bertz CT molecular complexity index is 1300. The summed E-state index contributed by atoms with van der Waals surface area (Å²) in [4.78, 5) is 23.6. The predicted molar refractivity (Wildman–Crippen MR) is 171 cm³/mol. The molecular formula is C36H54O14. The van der Waals surface area contributed by atoms with E-state index in [0.29, 0.717) is 18.8 Å². The lowest BCUT2D eigenvalue weighted by atomic mass is 9.43. The minimum Gasteiger partial charge on any atom is -0.464 e. The number of aliphatic hydroxyl groups is 6. The molecule has 2 saturated heterocycles. The molecule has 18 atom stereocenters. The fourth-order valence-electron chi connectivity index (χ4n) is 11.6. The molecule has 14 heteroatoms. The predicted octanol–water partition coefficient (Wildman–Crippen LogP) is 0.461. The molecule has 0 bridgehead atoms. The van der Waals surface area contributed by atoms with Crippen LogP contribution in [0.5, 0.6) is 0 Å². The third-order valence-electron chi connectivity index (χ3n) is 14.2. The Hall–Kier alpha value is -1.72. The van der Waals surface area contributed by atoms with E-state index in [1.165, 1.54) is 6.08 Å². The summed E-state index contributed by atoms with van der Waals surface area (Å²) in [6, 6.07) is 0. The monoisotopic (exact) mass is 710 g/mol. The maximum atomic E-state index is 12.7. The smallest absolute Gasteiger partial charge is 0.331 e. The number of rotatable bonds is 8. The number of hydrogen-bond donors (Lipinski definition) is 6. The quantitative estimate of drug-likeness (QED) is 0.115. The lowest BCUT2D eigenvalue weighted by Gasteiger charge is -2.63. The van der Waals surface area contributed by atoms with Crippen LogP contribution in [0.4, 0.5) is 0 Å². The summed E-state index contributed by atoms with van der Waals surface area (Å²) in [6.07, 6.45) is -3.10. The summed E-state index contributed by atoms with van der Waals surface area (Å²) in [6.45, 7) is 6.22. The summed E-state index contributed by atoms with van der Waals surface area (Å²) in [5, 5.41) is 63.9. The average molecular weight is 711 g/mol. The molecular weight excluding hydrogens is 656 g/mol. The van der Waals surface area contributed by atoms with Crippen molar-refractivity contribution in [3.8, 4) is 0 Å². The van der Waals surface area contributed by atoms with E-state index >= 15 is 0 Å². The largest absolute Gasteiger partial charge is 0.464 e. The number of fused-ring (bicyclic) bond motifs is 5. The van der Waals surface area contributed by atoms with E-state index < -0.39 is 85.0 Å². The van der Waals surface area contributed by atoms with Gasteiger partial charge in [0.05, 0.1) is 30.5 Å². The van der Waals surface area contributed by atoms with Gasteiger partial charge in [-0.1, -0.05) is 13.8 Å². The summed E-state index contributed by atoms with van der Waals surface area (Å²) < 4.78 is 34.8. The summed E-state index contributed by atoms with van der Waals surface area (Å²) in [5.74, 6) is -0.00542. The molecule has 6 N–H and O–H groups in total. The van der Waals surface area contributed by atoms with Crippen LogP contribution in [0.25, 0.3) is 0 Å². The highest BCUT2D eigenvalue weighted by Crippen LogP contribution is 2.70. The Labute approximate surface area is 292 Å². The number of aliphatic hydroxyl groups excluding tert-OH is 5. The van der Waals surface area contributed by atoms with Gasteiger partial charge in [0.15, 0.2) is 12.6 Å². The Morgan fingerprint density at radius 1 is 0.960 bits per heavy atom. The van der Waals surface area contributed by atoms with Crippen molar-refractivity contribution in [2.75, 3.05) is 13.2 Å². The van der Waals surface area contributed by atoms with Crippen molar-refractivity contribution in [3.63, 3.8) is 0 Å². The molecule has 6 fully saturated rings. The molecule has 50 heavy (non-hydrogen) atoms. The number of ether oxygens (including phenoxy) is 6. The lowest BCUT2D eigenvalue weighted by molar-refractivity contribution is -0.344. The Balaban J connectivity index is 0.983. The molecule has 0 aromatic carbocycles. The van der Waals surface area contributed by atoms with Crippen molar-refractivity contribution in [1.82, 2.24) is 0 Å². The number of cyclic esters (lactones) is 1. The highest BCUT2D eigenvalue weighted by molar-refractivity contribution is 5.85. The maximum Gasteiger partial charge on any atom is 0.331 e. The van der Waals surface area contributed by atoms with Crippen LogP contribution in [-0.4, -0.2) is 129 Å². The SMILES string of the molecule is C[C@H]1O[C@@H](O[C@H]2CC[C@@]3(C)[C@H](CC[C@@H]4[C@@H]3CC[C@]3(C)[C@@H](C5=CC(=O)OC5)[C@@H](OC=O)C[C@]43O)C2)C[C@H](O)[C@@H]1O[C@@H]1O[C@H](CO)[C@@H](O)[C@H](O)[C@H]1O. The van der Waals surface area contributed by atoms with Gasteiger partial charge in [0.1, 0.15) is 43.2 Å². The minimum absolute atomic E-state index is 0.0186. The van der Waals surface area contributed by atoms with E-state index in [-0.39, 0.29) is 42.3 Å². The van der Waals surface area contributed by atoms with Gasteiger partial charge in [-0.3, -0.25) is 4.79 Å². The molecule has 282 valence electrons. The fourth-order valence-corrected chi connectivity index (χ4v) is 11.6. The Kier molecular flexibility index (Phi) is 9.97. The highest BCUT2D eigenvalue weighted by Gasteiger charge is 2.71. The van der Waals surface area contributed by atoms with Gasteiger partial charge < -0.3 is 59.1 Å². The van der Waals surface area contributed by atoms with E-state index in [1.54, 1.807) is 6.92 Å². The molecule has 0 unspecified atom stereocenters. The first-order valence-electron chi connectivity index (χ1n) is 18.4. The number of hydrogen-bond acceptors (Lipinski definition) is 14. The van der Waals surface area contributed by atoms with Crippen LogP contribution in [0.15, 0.2) is 11.6 Å². The van der Waals surface area contributed by atoms with E-state index in [9.17, 15) is 40.2 Å². The summed E-state index contributed by atoms with van der Waals surface area (Å²) in [5.41, 5.74) is -0.841. The van der Waals surface area contributed by atoms with Gasteiger partial charge in [-0.25, -0.2) is 4.79 Å². The van der Waals surface area contributed by atoms with Crippen molar-refractivity contribution in [2.45, 2.75) is 152 Å². The Morgan fingerprint density at radius 3 is 2.42 bits per heavy atom. The first kappa shape index (κ1) is 36.6. The van der Waals surface area contributed by atoms with Gasteiger partial charge in [-0.2, -0.15) is 0 Å². The molecule has 7 rings (SSSR count). The van der Waals surface area contributed by atoms with Crippen LogP contribution in [0, 0.1) is 34.5 Å². The van der Waals surface area contributed by atoms with Crippen molar-refractivity contribution in [2.24, 2.45) is 34.5 Å². The van der Waals surface area contributed by atoms with Gasteiger partial charge in [0, 0.05) is 30.3 Å². The van der Waals surface area contributed by atoms with Crippen LogP contribution < -0.4 is 0 Å². The molecule has 4 aliphatic carbocycles. The van der Waals surface area contributed by atoms with Gasteiger partial charge in [0.2, 0.25) is 0 Å². The Morgan fingerprint density at radius 2 is 1.74 bits per heavy atom. The van der Waals surface area contributed by atoms with Crippen molar-refractivity contribution < 1.29 is 68.6 Å². The van der Waals surface area contributed by atoms with Crippen LogP contribution in [0.3, 0.4) is 0 Å². The third kappa shape index (κ3) is 5.86. The molecule has 4 saturated carbocycles. The topological polar surface area (TPSA) is 211 Å². The molecule has 3 aliphatic heterocycles. The lowest BCUT2D eigenvalue weighted by Crippen LogP contribution is -2.62. The second-order valence-corrected chi connectivity index (χ2v) is 16.6. The van der Waals surface area contributed by atoms with E-state index in [2.05, 4.69) is 13.8 Å².